The standard InChI is InChI=1S/C27H42N6O5/c28-13-5-4-8-21(25(36)33-14-11-27(30,12-15-33)26(37)38)31-24(35)22(17-19-9-10-19)32-23(34)20(29)16-18-6-2-1-3-7-18/h1-3,6-7,19-22H,4-5,8-17,28-30H2,(H,31,35)(H,32,34)(H,37,38). The maximum Gasteiger partial charge on any atom is 0.323 e. The molecule has 1 saturated carbocycles. The zero-order chi connectivity index (χ0) is 27.7. The second-order valence-electron chi connectivity index (χ2n) is 10.7. The Kier molecular flexibility index (Phi) is 10.6. The summed E-state index contributed by atoms with van der Waals surface area (Å²) < 4.78 is 0. The molecule has 2 aliphatic rings. The number of benzene rings is 1. The van der Waals surface area contributed by atoms with Crippen LogP contribution in [0.2, 0.25) is 0 Å². The van der Waals surface area contributed by atoms with Crippen molar-refractivity contribution < 1.29 is 24.3 Å². The van der Waals surface area contributed by atoms with Gasteiger partial charge in [0, 0.05) is 13.1 Å². The van der Waals surface area contributed by atoms with Crippen molar-refractivity contribution in [3.05, 3.63) is 35.9 Å². The number of likely N-dealkylation sites (tertiary alicyclic amines) is 1. The number of rotatable bonds is 14. The van der Waals surface area contributed by atoms with Crippen LogP contribution >= 0.6 is 0 Å². The third-order valence-corrected chi connectivity index (χ3v) is 7.49. The fourth-order valence-electron chi connectivity index (χ4n) is 4.74. The number of amides is 3. The van der Waals surface area contributed by atoms with Crippen molar-refractivity contribution >= 4 is 23.7 Å². The van der Waals surface area contributed by atoms with Gasteiger partial charge in [-0.2, -0.15) is 0 Å². The minimum atomic E-state index is -1.35. The Morgan fingerprint density at radius 1 is 1.00 bits per heavy atom. The van der Waals surface area contributed by atoms with Crippen LogP contribution in [0.15, 0.2) is 30.3 Å². The molecule has 3 unspecified atom stereocenters. The molecule has 1 saturated heterocycles. The molecule has 3 rings (SSSR count). The van der Waals surface area contributed by atoms with Crippen LogP contribution in [0, 0.1) is 5.92 Å². The van der Waals surface area contributed by atoms with E-state index in [0.29, 0.717) is 44.6 Å². The van der Waals surface area contributed by atoms with Gasteiger partial charge in [-0.15, -0.1) is 0 Å². The van der Waals surface area contributed by atoms with E-state index >= 15 is 0 Å². The molecule has 1 aromatic carbocycles. The normalized spacial score (nSPS) is 19.2. The number of carboxylic acids is 1. The number of aliphatic carboxylic acids is 1. The summed E-state index contributed by atoms with van der Waals surface area (Å²) in [7, 11) is 0. The van der Waals surface area contributed by atoms with Crippen LogP contribution in [0.25, 0.3) is 0 Å². The van der Waals surface area contributed by atoms with Crippen molar-refractivity contribution in [2.45, 2.75) is 81.5 Å². The number of carbonyl (C=O) groups excluding carboxylic acids is 3. The molecule has 2 fully saturated rings. The molecule has 3 atom stereocenters. The van der Waals surface area contributed by atoms with E-state index in [1.54, 1.807) is 4.90 Å². The first kappa shape index (κ1) is 29.5. The molecule has 210 valence electrons. The third-order valence-electron chi connectivity index (χ3n) is 7.49. The van der Waals surface area contributed by atoms with E-state index in [4.69, 9.17) is 17.2 Å². The molecule has 1 aliphatic carbocycles. The Hall–Kier alpha value is -3.02. The summed E-state index contributed by atoms with van der Waals surface area (Å²) in [6.07, 6.45) is 4.81. The maximum absolute atomic E-state index is 13.4. The molecule has 9 N–H and O–H groups in total. The zero-order valence-electron chi connectivity index (χ0n) is 21.9. The molecule has 38 heavy (non-hydrogen) atoms. The number of nitrogens with two attached hydrogens (primary N) is 3. The van der Waals surface area contributed by atoms with E-state index in [-0.39, 0.29) is 31.8 Å². The second-order valence-corrected chi connectivity index (χ2v) is 10.7. The van der Waals surface area contributed by atoms with Gasteiger partial charge < -0.3 is 37.8 Å². The van der Waals surface area contributed by atoms with Crippen molar-refractivity contribution in [3.63, 3.8) is 0 Å². The summed E-state index contributed by atoms with van der Waals surface area (Å²) in [4.78, 5) is 52.7. The fraction of sp³-hybridized carbons (Fsp3) is 0.630. The predicted molar refractivity (Wildman–Crippen MR) is 143 cm³/mol. The highest BCUT2D eigenvalue weighted by Gasteiger charge is 2.40. The molecule has 3 amide bonds. The van der Waals surface area contributed by atoms with Crippen molar-refractivity contribution in [1.82, 2.24) is 15.5 Å². The summed E-state index contributed by atoms with van der Waals surface area (Å²) in [5.41, 5.74) is 17.3. The summed E-state index contributed by atoms with van der Waals surface area (Å²) in [5, 5.41) is 15.1. The second kappa shape index (κ2) is 13.7. The zero-order valence-corrected chi connectivity index (χ0v) is 21.9. The van der Waals surface area contributed by atoms with Gasteiger partial charge in [-0.3, -0.25) is 19.2 Å². The molecule has 0 radical (unpaired) electrons. The van der Waals surface area contributed by atoms with Gasteiger partial charge in [-0.1, -0.05) is 43.2 Å². The molecule has 1 aromatic rings. The topological polar surface area (TPSA) is 194 Å². The molecular formula is C27H42N6O5. The number of nitrogens with zero attached hydrogens (tertiary/aromatic N) is 1. The van der Waals surface area contributed by atoms with Crippen LogP contribution in [0.5, 0.6) is 0 Å². The summed E-state index contributed by atoms with van der Waals surface area (Å²) in [6, 6.07) is 7.01. The van der Waals surface area contributed by atoms with Crippen molar-refractivity contribution in [2.24, 2.45) is 23.1 Å². The largest absolute Gasteiger partial charge is 0.480 e. The minimum absolute atomic E-state index is 0.136. The lowest BCUT2D eigenvalue weighted by molar-refractivity contribution is -0.148. The predicted octanol–water partition coefficient (Wildman–Crippen LogP) is -0.140. The number of piperidine rings is 1. The van der Waals surface area contributed by atoms with Crippen molar-refractivity contribution in [3.8, 4) is 0 Å². The molecule has 1 aliphatic heterocycles. The van der Waals surface area contributed by atoms with Gasteiger partial charge in [0.05, 0.1) is 6.04 Å². The van der Waals surface area contributed by atoms with Crippen LogP contribution in [0.3, 0.4) is 0 Å². The first-order valence-corrected chi connectivity index (χ1v) is 13.5. The Morgan fingerprint density at radius 2 is 1.63 bits per heavy atom. The highest BCUT2D eigenvalue weighted by atomic mass is 16.4. The van der Waals surface area contributed by atoms with Crippen LogP contribution in [0.4, 0.5) is 0 Å². The van der Waals surface area contributed by atoms with E-state index in [2.05, 4.69) is 10.6 Å². The van der Waals surface area contributed by atoms with Gasteiger partial charge in [-0.25, -0.2) is 0 Å². The number of carboxylic acid groups (broad SMARTS) is 1. The highest BCUT2D eigenvalue weighted by molar-refractivity contribution is 5.93. The van der Waals surface area contributed by atoms with Crippen molar-refractivity contribution in [2.75, 3.05) is 19.6 Å². The average Bonchev–Trinajstić information content (AvgIpc) is 3.72. The van der Waals surface area contributed by atoms with Gasteiger partial charge in [0.15, 0.2) is 0 Å². The van der Waals surface area contributed by atoms with Gasteiger partial charge in [0.25, 0.3) is 0 Å². The number of nitrogens with one attached hydrogen (secondary N) is 2. The monoisotopic (exact) mass is 530 g/mol. The number of unbranched alkanes of at least 4 members (excludes halogenated alkanes) is 1. The van der Waals surface area contributed by atoms with E-state index < -0.39 is 41.4 Å². The van der Waals surface area contributed by atoms with Gasteiger partial charge in [-0.05, 0) is 63.0 Å². The van der Waals surface area contributed by atoms with Crippen LogP contribution in [-0.2, 0) is 25.6 Å². The Morgan fingerprint density at radius 3 is 2.21 bits per heavy atom. The summed E-state index contributed by atoms with van der Waals surface area (Å²) in [6.45, 7) is 0.857. The van der Waals surface area contributed by atoms with E-state index in [9.17, 15) is 24.3 Å². The molecular weight excluding hydrogens is 488 g/mol. The van der Waals surface area contributed by atoms with E-state index in [1.807, 2.05) is 30.3 Å². The summed E-state index contributed by atoms with van der Waals surface area (Å²) >= 11 is 0. The van der Waals surface area contributed by atoms with Crippen LogP contribution in [0.1, 0.15) is 56.9 Å². The molecule has 0 aromatic heterocycles. The fourth-order valence-corrected chi connectivity index (χ4v) is 4.74. The molecule has 11 heteroatoms. The number of carbonyl (C=O) groups is 4. The molecule has 0 spiro atoms. The average molecular weight is 531 g/mol. The molecule has 0 bridgehead atoms. The summed E-state index contributed by atoms with van der Waals surface area (Å²) in [5.74, 6) is -1.84. The number of hydrogen-bond donors (Lipinski definition) is 6. The highest BCUT2D eigenvalue weighted by Crippen LogP contribution is 2.33. The van der Waals surface area contributed by atoms with Crippen molar-refractivity contribution in [1.29, 1.82) is 0 Å². The lowest BCUT2D eigenvalue weighted by Gasteiger charge is -2.38. The smallest absolute Gasteiger partial charge is 0.323 e. The lowest BCUT2D eigenvalue weighted by atomic mass is 9.88. The van der Waals surface area contributed by atoms with Gasteiger partial charge in [0.2, 0.25) is 17.7 Å². The molecule has 11 nitrogen and oxygen atoms in total. The first-order chi connectivity index (χ1) is 18.1. The van der Waals surface area contributed by atoms with Gasteiger partial charge in [0.1, 0.15) is 17.6 Å². The Balaban J connectivity index is 1.64. The molecule has 1 heterocycles. The minimum Gasteiger partial charge on any atom is -0.480 e. The first-order valence-electron chi connectivity index (χ1n) is 13.5. The number of hydrogen-bond acceptors (Lipinski definition) is 7. The van der Waals surface area contributed by atoms with Crippen LogP contribution < -0.4 is 27.8 Å². The van der Waals surface area contributed by atoms with E-state index in [1.165, 1.54) is 0 Å². The quantitative estimate of drug-likeness (QED) is 0.179. The SMILES string of the molecule is NCCCCC(NC(=O)C(CC1CC1)NC(=O)C(N)Cc1ccccc1)C(=O)N1CCC(N)(C(=O)O)CC1. The van der Waals surface area contributed by atoms with Crippen LogP contribution in [-0.4, -0.2) is 77.0 Å². The van der Waals surface area contributed by atoms with E-state index in [0.717, 1.165) is 18.4 Å². The van der Waals surface area contributed by atoms with Gasteiger partial charge >= 0.3 is 5.97 Å². The Bertz CT molecular complexity index is 962. The lowest BCUT2D eigenvalue weighted by Crippen LogP contribution is -2.60. The third kappa shape index (κ3) is 8.50. The Labute approximate surface area is 223 Å². The maximum atomic E-state index is 13.4.